The average Bonchev–Trinajstić information content (AvgIpc) is 2.82. The Morgan fingerprint density at radius 2 is 2.13 bits per heavy atom. The summed E-state index contributed by atoms with van der Waals surface area (Å²) in [7, 11) is 0. The fourth-order valence-electron chi connectivity index (χ4n) is 2.45. The number of β-amino-alcohol motifs (C(OH)–C–C–N with tert-alkyl or cyclic N) is 1. The van der Waals surface area contributed by atoms with Crippen molar-refractivity contribution in [2.75, 3.05) is 6.54 Å². The SMILES string of the molecule is Cc1ccc(CNC(=O)C2CC(O)CN2)c(OC(C)(C)C)c1.Cl. The second kappa shape index (κ2) is 7.99. The van der Waals surface area contributed by atoms with Crippen LogP contribution in [0.3, 0.4) is 0 Å². The summed E-state index contributed by atoms with van der Waals surface area (Å²) in [6.45, 7) is 8.91. The molecule has 1 aliphatic rings. The van der Waals surface area contributed by atoms with Gasteiger partial charge in [0, 0.05) is 18.7 Å². The third kappa shape index (κ3) is 6.01. The van der Waals surface area contributed by atoms with Crippen molar-refractivity contribution in [1.82, 2.24) is 10.6 Å². The lowest BCUT2D eigenvalue weighted by Crippen LogP contribution is -2.40. The minimum absolute atomic E-state index is 0. The first-order valence-corrected chi connectivity index (χ1v) is 7.72. The largest absolute Gasteiger partial charge is 0.488 e. The van der Waals surface area contributed by atoms with Gasteiger partial charge in [-0.3, -0.25) is 4.79 Å². The molecule has 6 heteroatoms. The van der Waals surface area contributed by atoms with E-state index in [4.69, 9.17) is 4.74 Å². The highest BCUT2D eigenvalue weighted by atomic mass is 35.5. The van der Waals surface area contributed by atoms with Crippen molar-refractivity contribution < 1.29 is 14.6 Å². The second-order valence-corrected chi connectivity index (χ2v) is 6.89. The Morgan fingerprint density at radius 1 is 1.43 bits per heavy atom. The molecule has 0 aromatic heterocycles. The number of nitrogens with one attached hydrogen (secondary N) is 2. The van der Waals surface area contributed by atoms with Crippen molar-refractivity contribution in [1.29, 1.82) is 0 Å². The Morgan fingerprint density at radius 3 is 2.70 bits per heavy atom. The Kier molecular flexibility index (Phi) is 6.86. The van der Waals surface area contributed by atoms with Crippen LogP contribution in [0, 0.1) is 6.92 Å². The monoisotopic (exact) mass is 342 g/mol. The number of halogens is 1. The molecule has 3 N–H and O–H groups in total. The molecule has 1 saturated heterocycles. The topological polar surface area (TPSA) is 70.6 Å². The van der Waals surface area contributed by atoms with Crippen molar-refractivity contribution >= 4 is 18.3 Å². The number of carbonyl (C=O) groups excluding carboxylic acids is 1. The number of aryl methyl sites for hydroxylation is 1. The van der Waals surface area contributed by atoms with Gasteiger partial charge >= 0.3 is 0 Å². The number of aliphatic hydroxyl groups is 1. The van der Waals surface area contributed by atoms with E-state index in [-0.39, 0.29) is 30.0 Å². The molecule has 130 valence electrons. The molecule has 1 fully saturated rings. The van der Waals surface area contributed by atoms with Gasteiger partial charge in [-0.05, 0) is 45.7 Å². The van der Waals surface area contributed by atoms with Crippen LogP contribution in [0.4, 0.5) is 0 Å². The Balaban J connectivity index is 0.00000264. The van der Waals surface area contributed by atoms with Crippen molar-refractivity contribution in [2.45, 2.75) is 58.4 Å². The molecule has 0 radical (unpaired) electrons. The van der Waals surface area contributed by atoms with E-state index >= 15 is 0 Å². The molecule has 0 bridgehead atoms. The van der Waals surface area contributed by atoms with E-state index in [0.717, 1.165) is 16.9 Å². The maximum absolute atomic E-state index is 12.1. The van der Waals surface area contributed by atoms with Crippen LogP contribution in [0.2, 0.25) is 0 Å². The molecule has 0 aliphatic carbocycles. The van der Waals surface area contributed by atoms with Gasteiger partial charge in [0.05, 0.1) is 12.1 Å². The smallest absolute Gasteiger partial charge is 0.237 e. The lowest BCUT2D eigenvalue weighted by molar-refractivity contribution is -0.123. The molecule has 2 rings (SSSR count). The zero-order valence-electron chi connectivity index (χ0n) is 14.2. The summed E-state index contributed by atoms with van der Waals surface area (Å²) in [6.07, 6.45) is 0.0281. The van der Waals surface area contributed by atoms with Crippen molar-refractivity contribution in [3.63, 3.8) is 0 Å². The van der Waals surface area contributed by atoms with E-state index in [1.54, 1.807) is 0 Å². The van der Waals surface area contributed by atoms with E-state index in [9.17, 15) is 9.90 Å². The van der Waals surface area contributed by atoms with Crippen LogP contribution in [0.5, 0.6) is 5.75 Å². The summed E-state index contributed by atoms with van der Waals surface area (Å²) in [6, 6.07) is 5.67. The average molecular weight is 343 g/mol. The fraction of sp³-hybridized carbons (Fsp3) is 0.588. The highest BCUT2D eigenvalue weighted by molar-refractivity contribution is 5.85. The summed E-state index contributed by atoms with van der Waals surface area (Å²) in [5.74, 6) is 0.714. The highest BCUT2D eigenvalue weighted by Crippen LogP contribution is 2.24. The van der Waals surface area contributed by atoms with Gasteiger partial charge in [-0.25, -0.2) is 0 Å². The summed E-state index contributed by atoms with van der Waals surface area (Å²) in [5.41, 5.74) is 1.78. The second-order valence-electron chi connectivity index (χ2n) is 6.89. The maximum atomic E-state index is 12.1. The number of hydrogen-bond acceptors (Lipinski definition) is 4. The van der Waals surface area contributed by atoms with E-state index in [2.05, 4.69) is 10.6 Å². The predicted octanol–water partition coefficient (Wildman–Crippen LogP) is 1.93. The number of carbonyl (C=O) groups is 1. The molecule has 0 spiro atoms. The van der Waals surface area contributed by atoms with Crippen molar-refractivity contribution in [2.24, 2.45) is 0 Å². The Labute approximate surface area is 144 Å². The zero-order chi connectivity index (χ0) is 16.3. The minimum Gasteiger partial charge on any atom is -0.488 e. The molecule has 0 saturated carbocycles. The molecule has 2 unspecified atom stereocenters. The summed E-state index contributed by atoms with van der Waals surface area (Å²) in [4.78, 5) is 12.1. The van der Waals surface area contributed by atoms with Crippen molar-refractivity contribution in [3.8, 4) is 5.75 Å². The van der Waals surface area contributed by atoms with E-state index in [1.807, 2.05) is 45.9 Å². The quantitative estimate of drug-likeness (QED) is 0.782. The lowest BCUT2D eigenvalue weighted by atomic mass is 10.1. The minimum atomic E-state index is -0.435. The molecular weight excluding hydrogens is 316 g/mol. The first-order valence-electron chi connectivity index (χ1n) is 7.72. The third-order valence-corrected chi connectivity index (χ3v) is 3.52. The van der Waals surface area contributed by atoms with E-state index in [0.29, 0.717) is 19.5 Å². The van der Waals surface area contributed by atoms with Gasteiger partial charge in [0.2, 0.25) is 5.91 Å². The molecule has 2 atom stereocenters. The van der Waals surface area contributed by atoms with Gasteiger partial charge < -0.3 is 20.5 Å². The summed E-state index contributed by atoms with van der Waals surface area (Å²) < 4.78 is 5.98. The van der Waals surface area contributed by atoms with Gasteiger partial charge in [0.1, 0.15) is 11.4 Å². The first-order chi connectivity index (χ1) is 10.2. The summed E-state index contributed by atoms with van der Waals surface area (Å²) >= 11 is 0. The fourth-order valence-corrected chi connectivity index (χ4v) is 2.45. The first kappa shape index (κ1) is 19.7. The number of rotatable bonds is 4. The molecule has 1 aliphatic heterocycles. The highest BCUT2D eigenvalue weighted by Gasteiger charge is 2.27. The standard InChI is InChI=1S/C17H26N2O3.ClH/c1-11-5-6-12(15(7-11)22-17(2,3)4)9-19-16(21)14-8-13(20)10-18-14;/h5-7,13-14,18,20H,8-10H2,1-4H3,(H,19,21);1H. The molecule has 1 aromatic rings. The van der Waals surface area contributed by atoms with Crippen LogP contribution in [-0.4, -0.2) is 35.3 Å². The van der Waals surface area contributed by atoms with Crippen LogP contribution in [0.1, 0.15) is 38.3 Å². The number of amides is 1. The maximum Gasteiger partial charge on any atom is 0.237 e. The van der Waals surface area contributed by atoms with E-state index in [1.165, 1.54) is 0 Å². The van der Waals surface area contributed by atoms with Crippen LogP contribution in [0.25, 0.3) is 0 Å². The Bertz CT molecular complexity index is 543. The van der Waals surface area contributed by atoms with E-state index < -0.39 is 6.10 Å². The normalized spacial score (nSPS) is 20.7. The molecule has 1 aromatic carbocycles. The molecule has 1 amide bonds. The van der Waals surface area contributed by atoms with Gasteiger partial charge in [-0.1, -0.05) is 12.1 Å². The lowest BCUT2D eigenvalue weighted by Gasteiger charge is -2.24. The summed E-state index contributed by atoms with van der Waals surface area (Å²) in [5, 5.41) is 15.4. The van der Waals surface area contributed by atoms with Crippen LogP contribution < -0.4 is 15.4 Å². The van der Waals surface area contributed by atoms with Crippen LogP contribution >= 0.6 is 12.4 Å². The molecule has 1 heterocycles. The van der Waals surface area contributed by atoms with Crippen molar-refractivity contribution in [3.05, 3.63) is 29.3 Å². The number of hydrogen-bond donors (Lipinski definition) is 3. The van der Waals surface area contributed by atoms with Crippen LogP contribution in [-0.2, 0) is 11.3 Å². The molecule has 23 heavy (non-hydrogen) atoms. The number of ether oxygens (including phenoxy) is 1. The van der Waals surface area contributed by atoms with Gasteiger partial charge in [-0.2, -0.15) is 0 Å². The molecule has 5 nitrogen and oxygen atoms in total. The van der Waals surface area contributed by atoms with Gasteiger partial charge in [0.25, 0.3) is 0 Å². The predicted molar refractivity (Wildman–Crippen MR) is 93.1 cm³/mol. The number of benzene rings is 1. The number of aliphatic hydroxyl groups excluding tert-OH is 1. The third-order valence-electron chi connectivity index (χ3n) is 3.52. The van der Waals surface area contributed by atoms with Gasteiger partial charge in [0.15, 0.2) is 0 Å². The Hall–Kier alpha value is -1.30. The molecular formula is C17H27ClN2O3. The zero-order valence-corrected chi connectivity index (χ0v) is 15.0. The van der Waals surface area contributed by atoms with Crippen LogP contribution in [0.15, 0.2) is 18.2 Å². The van der Waals surface area contributed by atoms with Gasteiger partial charge in [-0.15, -0.1) is 12.4 Å².